The van der Waals surface area contributed by atoms with Crippen molar-refractivity contribution >= 4 is 23.1 Å². The van der Waals surface area contributed by atoms with Gasteiger partial charge in [0.2, 0.25) is 0 Å². The maximum Gasteiger partial charge on any atom is 0.261 e. The number of β-amino-alcohol motifs (C(OH)–C–C–N with tert-alkyl or cyclic N) is 1. The second kappa shape index (κ2) is 6.25. The molecule has 1 aliphatic rings. The minimum Gasteiger partial charge on any atom is -0.386 e. The van der Waals surface area contributed by atoms with Crippen LogP contribution in [0, 0.1) is 13.8 Å². The van der Waals surface area contributed by atoms with Crippen molar-refractivity contribution in [3.8, 4) is 0 Å². The molecular formula is C16H20N4O2S. The topological polar surface area (TPSA) is 78.4 Å². The molecule has 2 N–H and O–H groups in total. The van der Waals surface area contributed by atoms with Gasteiger partial charge in [0.15, 0.2) is 0 Å². The number of rotatable bonds is 4. The van der Waals surface area contributed by atoms with E-state index >= 15 is 0 Å². The normalized spacial score (nSPS) is 20.7. The molecule has 0 unspecified atom stereocenters. The Morgan fingerprint density at radius 1 is 1.43 bits per heavy atom. The Balaban J connectivity index is 1.59. The van der Waals surface area contributed by atoms with Crippen molar-refractivity contribution in [1.82, 2.24) is 15.3 Å². The van der Waals surface area contributed by atoms with Gasteiger partial charge in [0.1, 0.15) is 17.7 Å². The summed E-state index contributed by atoms with van der Waals surface area (Å²) in [6, 6.07) is 3.76. The predicted molar refractivity (Wildman–Crippen MR) is 89.9 cm³/mol. The van der Waals surface area contributed by atoms with Gasteiger partial charge in [-0.15, -0.1) is 11.3 Å². The zero-order chi connectivity index (χ0) is 16.4. The fourth-order valence-electron chi connectivity index (χ4n) is 2.69. The largest absolute Gasteiger partial charge is 0.386 e. The van der Waals surface area contributed by atoms with E-state index in [1.807, 2.05) is 36.3 Å². The summed E-state index contributed by atoms with van der Waals surface area (Å²) in [4.78, 5) is 23.1. The second-order valence-electron chi connectivity index (χ2n) is 6.08. The van der Waals surface area contributed by atoms with E-state index in [1.54, 1.807) is 0 Å². The number of anilines is 1. The molecule has 1 saturated heterocycles. The first-order chi connectivity index (χ1) is 11.0. The highest BCUT2D eigenvalue weighted by Gasteiger charge is 2.37. The van der Waals surface area contributed by atoms with Crippen LogP contribution >= 0.6 is 11.3 Å². The van der Waals surface area contributed by atoms with Crippen molar-refractivity contribution in [3.63, 3.8) is 0 Å². The molecule has 3 rings (SSSR count). The molecule has 0 saturated carbocycles. The lowest BCUT2D eigenvalue weighted by Crippen LogP contribution is -2.45. The Labute approximate surface area is 139 Å². The number of aliphatic hydroxyl groups is 1. The Hall–Kier alpha value is -1.99. The van der Waals surface area contributed by atoms with Crippen LogP contribution in [0.4, 0.5) is 5.82 Å². The summed E-state index contributed by atoms with van der Waals surface area (Å²) in [5.74, 6) is 0.682. The Bertz CT molecular complexity index is 718. The highest BCUT2D eigenvalue weighted by molar-refractivity contribution is 7.12. The summed E-state index contributed by atoms with van der Waals surface area (Å²) in [7, 11) is 0. The third-order valence-electron chi connectivity index (χ3n) is 3.98. The van der Waals surface area contributed by atoms with Gasteiger partial charge in [-0.05, 0) is 37.3 Å². The molecule has 1 fully saturated rings. The third-order valence-corrected chi connectivity index (χ3v) is 5.02. The van der Waals surface area contributed by atoms with Gasteiger partial charge in [0, 0.05) is 31.4 Å². The van der Waals surface area contributed by atoms with Crippen LogP contribution in [0.15, 0.2) is 23.8 Å². The number of aryl methyl sites for hydroxylation is 2. The molecule has 6 nitrogen and oxygen atoms in total. The van der Waals surface area contributed by atoms with Crippen molar-refractivity contribution in [1.29, 1.82) is 0 Å². The summed E-state index contributed by atoms with van der Waals surface area (Å²) < 4.78 is 0. The third kappa shape index (κ3) is 3.68. The number of hydrogen-bond donors (Lipinski definition) is 2. The van der Waals surface area contributed by atoms with Crippen LogP contribution < -0.4 is 10.2 Å². The molecule has 1 atom stereocenters. The number of hydrogen-bond acceptors (Lipinski definition) is 6. The van der Waals surface area contributed by atoms with Gasteiger partial charge in [-0.25, -0.2) is 9.97 Å². The van der Waals surface area contributed by atoms with Gasteiger partial charge in [-0.3, -0.25) is 4.79 Å². The highest BCUT2D eigenvalue weighted by atomic mass is 32.1. The quantitative estimate of drug-likeness (QED) is 0.888. The lowest BCUT2D eigenvalue weighted by Gasteiger charge is -2.24. The van der Waals surface area contributed by atoms with Gasteiger partial charge in [0.25, 0.3) is 5.91 Å². The standard InChI is InChI=1S/C16H20N4O2S/c1-11-5-13(23-7-11)15(21)17-8-16(22)3-4-20(9-16)14-6-12(2)18-10-19-14/h5-7,10,22H,3-4,8-9H2,1-2H3,(H,17,21)/t16-/m1/s1. The van der Waals surface area contributed by atoms with Crippen LogP contribution in [0.3, 0.4) is 0 Å². The summed E-state index contributed by atoms with van der Waals surface area (Å²) in [5.41, 5.74) is 1.04. The number of carbonyl (C=O) groups excluding carboxylic acids is 1. The SMILES string of the molecule is Cc1csc(C(=O)NC[C@]2(O)CCN(c3cc(C)ncn3)C2)c1. The van der Waals surface area contributed by atoms with E-state index in [-0.39, 0.29) is 12.5 Å². The monoisotopic (exact) mass is 332 g/mol. The molecule has 0 radical (unpaired) electrons. The fourth-order valence-corrected chi connectivity index (χ4v) is 3.51. The first kappa shape index (κ1) is 15.9. The van der Waals surface area contributed by atoms with Crippen molar-refractivity contribution in [2.24, 2.45) is 0 Å². The molecule has 7 heteroatoms. The molecule has 122 valence electrons. The average Bonchev–Trinajstić information content (AvgIpc) is 3.12. The van der Waals surface area contributed by atoms with E-state index in [0.717, 1.165) is 17.1 Å². The molecular weight excluding hydrogens is 312 g/mol. The van der Waals surface area contributed by atoms with Gasteiger partial charge < -0.3 is 15.3 Å². The highest BCUT2D eigenvalue weighted by Crippen LogP contribution is 2.25. The summed E-state index contributed by atoms with van der Waals surface area (Å²) >= 11 is 1.42. The van der Waals surface area contributed by atoms with E-state index in [1.165, 1.54) is 17.7 Å². The first-order valence-corrected chi connectivity index (χ1v) is 8.42. The van der Waals surface area contributed by atoms with Crippen molar-refractivity contribution in [2.45, 2.75) is 25.9 Å². The molecule has 2 aromatic rings. The van der Waals surface area contributed by atoms with E-state index in [4.69, 9.17) is 0 Å². The van der Waals surface area contributed by atoms with Crippen LogP contribution in [0.5, 0.6) is 0 Å². The maximum atomic E-state index is 12.1. The minimum atomic E-state index is -0.930. The summed E-state index contributed by atoms with van der Waals surface area (Å²) in [5, 5.41) is 15.5. The molecule has 2 aromatic heterocycles. The molecule has 0 aliphatic carbocycles. The van der Waals surface area contributed by atoms with Crippen LogP contribution in [0.1, 0.15) is 27.3 Å². The number of nitrogens with one attached hydrogen (secondary N) is 1. The molecule has 0 aromatic carbocycles. The fraction of sp³-hybridized carbons (Fsp3) is 0.438. The first-order valence-electron chi connectivity index (χ1n) is 7.54. The van der Waals surface area contributed by atoms with E-state index in [2.05, 4.69) is 15.3 Å². The zero-order valence-corrected chi connectivity index (χ0v) is 14.1. The number of aromatic nitrogens is 2. The van der Waals surface area contributed by atoms with Crippen LogP contribution in [-0.4, -0.2) is 46.2 Å². The maximum absolute atomic E-state index is 12.1. The number of carbonyl (C=O) groups is 1. The lowest BCUT2D eigenvalue weighted by atomic mass is 10.0. The summed E-state index contributed by atoms with van der Waals surface area (Å²) in [6.45, 7) is 5.27. The van der Waals surface area contributed by atoms with E-state index < -0.39 is 5.60 Å². The van der Waals surface area contributed by atoms with Gasteiger partial charge in [0.05, 0.1) is 4.88 Å². The number of thiophene rings is 1. The minimum absolute atomic E-state index is 0.132. The van der Waals surface area contributed by atoms with Crippen molar-refractivity contribution < 1.29 is 9.90 Å². The number of nitrogens with zero attached hydrogens (tertiary/aromatic N) is 3. The Kier molecular flexibility index (Phi) is 4.32. The van der Waals surface area contributed by atoms with E-state index in [0.29, 0.717) is 24.4 Å². The van der Waals surface area contributed by atoms with Crippen LogP contribution in [0.25, 0.3) is 0 Å². The Morgan fingerprint density at radius 3 is 2.96 bits per heavy atom. The number of amides is 1. The van der Waals surface area contributed by atoms with Crippen LogP contribution in [0.2, 0.25) is 0 Å². The second-order valence-corrected chi connectivity index (χ2v) is 7.00. The molecule has 0 spiro atoms. The Morgan fingerprint density at radius 2 is 2.26 bits per heavy atom. The lowest BCUT2D eigenvalue weighted by molar-refractivity contribution is 0.0577. The molecule has 0 bridgehead atoms. The van der Waals surface area contributed by atoms with E-state index in [9.17, 15) is 9.90 Å². The molecule has 1 amide bonds. The van der Waals surface area contributed by atoms with Crippen molar-refractivity contribution in [2.75, 3.05) is 24.5 Å². The predicted octanol–water partition coefficient (Wildman–Crippen LogP) is 1.53. The molecule has 1 aliphatic heterocycles. The molecule has 3 heterocycles. The zero-order valence-electron chi connectivity index (χ0n) is 13.2. The van der Waals surface area contributed by atoms with Gasteiger partial charge in [-0.1, -0.05) is 0 Å². The smallest absolute Gasteiger partial charge is 0.261 e. The van der Waals surface area contributed by atoms with Crippen molar-refractivity contribution in [3.05, 3.63) is 40.0 Å². The summed E-state index contributed by atoms with van der Waals surface area (Å²) in [6.07, 6.45) is 2.13. The van der Waals surface area contributed by atoms with Gasteiger partial charge >= 0.3 is 0 Å². The average molecular weight is 332 g/mol. The van der Waals surface area contributed by atoms with Gasteiger partial charge in [-0.2, -0.15) is 0 Å². The van der Waals surface area contributed by atoms with Crippen LogP contribution in [-0.2, 0) is 0 Å². The molecule has 23 heavy (non-hydrogen) atoms.